The summed E-state index contributed by atoms with van der Waals surface area (Å²) in [4.78, 5) is 76.0. The van der Waals surface area contributed by atoms with Crippen molar-refractivity contribution in [2.24, 2.45) is 0 Å². The lowest BCUT2D eigenvalue weighted by atomic mass is 10.1. The number of aromatic carboxylic acids is 2. The van der Waals surface area contributed by atoms with E-state index in [0.29, 0.717) is 0 Å². The maximum Gasteiger partial charge on any atom is 0.336 e. The number of fused-ring (bicyclic) bond motifs is 2. The van der Waals surface area contributed by atoms with Crippen LogP contribution >= 0.6 is 0 Å². The Hall–Kier alpha value is -5.12. The maximum absolute atomic E-state index is 13.2. The van der Waals surface area contributed by atoms with Crippen molar-refractivity contribution in [1.29, 1.82) is 0 Å². The predicted octanol–water partition coefficient (Wildman–Crippen LogP) is 1.90. The predicted molar refractivity (Wildman–Crippen MR) is 131 cm³/mol. The number of hydrogen-bond donors (Lipinski definition) is 2. The van der Waals surface area contributed by atoms with Crippen LogP contribution in [-0.4, -0.2) is 31.3 Å². The molecule has 0 aliphatic carbocycles. The molecule has 0 radical (unpaired) electrons. The molecule has 2 heterocycles. The first-order valence-electron chi connectivity index (χ1n) is 10.7. The van der Waals surface area contributed by atoms with Crippen molar-refractivity contribution in [2.45, 2.75) is 13.8 Å². The van der Waals surface area contributed by atoms with Crippen molar-refractivity contribution in [3.63, 3.8) is 0 Å². The van der Waals surface area contributed by atoms with Gasteiger partial charge in [0.1, 0.15) is 0 Å². The second-order valence-electron chi connectivity index (χ2n) is 8.34. The lowest BCUT2D eigenvalue weighted by molar-refractivity contribution is 0.0685. The SMILES string of the molecule is Cc1c(C(=O)O)cccc1-n1c(=O)c2cc3c(=O)n(-c4cccc(C(=O)O)c4C)c(=O)c3cc2c1=O. The number of nitrogens with zero attached hydrogens (tertiary/aromatic N) is 2. The minimum Gasteiger partial charge on any atom is -0.478 e. The normalized spacial score (nSPS) is 11.4. The molecule has 0 unspecified atom stereocenters. The molecule has 36 heavy (non-hydrogen) atoms. The van der Waals surface area contributed by atoms with Crippen molar-refractivity contribution in [3.05, 3.63) is 112 Å². The molecule has 0 amide bonds. The van der Waals surface area contributed by atoms with Gasteiger partial charge >= 0.3 is 11.9 Å². The van der Waals surface area contributed by atoms with Crippen molar-refractivity contribution in [2.75, 3.05) is 0 Å². The van der Waals surface area contributed by atoms with E-state index in [1.807, 2.05) is 0 Å². The lowest BCUT2D eigenvalue weighted by Gasteiger charge is -2.08. The van der Waals surface area contributed by atoms with Crippen LogP contribution in [-0.2, 0) is 0 Å². The average Bonchev–Trinajstić information content (AvgIpc) is 3.22. The summed E-state index contributed by atoms with van der Waals surface area (Å²) >= 11 is 0. The largest absolute Gasteiger partial charge is 0.478 e. The van der Waals surface area contributed by atoms with Crippen LogP contribution in [0.4, 0.5) is 0 Å². The van der Waals surface area contributed by atoms with Gasteiger partial charge in [-0.05, 0) is 61.4 Å². The molecule has 2 aromatic heterocycles. The van der Waals surface area contributed by atoms with Gasteiger partial charge in [-0.15, -0.1) is 0 Å². The van der Waals surface area contributed by atoms with Crippen molar-refractivity contribution < 1.29 is 19.8 Å². The van der Waals surface area contributed by atoms with Crippen LogP contribution in [0.5, 0.6) is 0 Å². The fourth-order valence-corrected chi connectivity index (χ4v) is 4.61. The highest BCUT2D eigenvalue weighted by atomic mass is 16.4. The Labute approximate surface area is 200 Å². The standard InChI is InChI=1S/C26H16N2O8/c1-11-13(25(33)34)5-3-7-19(11)27-21(29)15-9-17-18(10-16(15)22(27)30)24(32)28(23(17)31)20-8-4-6-14(12(20)2)26(35)36/h3-10H,1-2H3,(H,33,34)(H,35,36). The van der Waals surface area contributed by atoms with E-state index >= 15 is 0 Å². The fraction of sp³-hybridized carbons (Fsp3) is 0.0769. The zero-order chi connectivity index (χ0) is 26.0. The second-order valence-corrected chi connectivity index (χ2v) is 8.34. The summed E-state index contributed by atoms with van der Waals surface area (Å²) in [6, 6.07) is 10.8. The molecule has 0 spiro atoms. The number of hydrogen-bond acceptors (Lipinski definition) is 6. The third kappa shape index (κ3) is 2.97. The maximum atomic E-state index is 13.2. The highest BCUT2D eigenvalue weighted by Crippen LogP contribution is 2.22. The highest BCUT2D eigenvalue weighted by molar-refractivity contribution is 5.99. The molecule has 0 aliphatic rings. The average molecular weight is 484 g/mol. The van der Waals surface area contributed by atoms with Gasteiger partial charge < -0.3 is 10.2 Å². The molecular formula is C26H16N2O8. The quantitative estimate of drug-likeness (QED) is 0.392. The molecule has 5 rings (SSSR count). The molecule has 0 saturated heterocycles. The molecule has 178 valence electrons. The number of carboxylic acids is 2. The van der Waals surface area contributed by atoms with E-state index in [-0.39, 0.29) is 55.2 Å². The molecule has 0 fully saturated rings. The van der Waals surface area contributed by atoms with Gasteiger partial charge in [0.15, 0.2) is 0 Å². The summed E-state index contributed by atoms with van der Waals surface area (Å²) < 4.78 is 1.66. The Morgan fingerprint density at radius 1 is 0.583 bits per heavy atom. The van der Waals surface area contributed by atoms with E-state index in [0.717, 1.165) is 9.13 Å². The van der Waals surface area contributed by atoms with Crippen LogP contribution in [0.15, 0.2) is 67.7 Å². The van der Waals surface area contributed by atoms with Gasteiger partial charge in [0, 0.05) is 0 Å². The summed E-state index contributed by atoms with van der Waals surface area (Å²) in [5.74, 6) is -2.44. The smallest absolute Gasteiger partial charge is 0.336 e. The molecule has 2 N–H and O–H groups in total. The summed E-state index contributed by atoms with van der Waals surface area (Å²) in [5.41, 5.74) is -2.60. The van der Waals surface area contributed by atoms with Gasteiger partial charge in [0.25, 0.3) is 22.2 Å². The molecule has 10 heteroatoms. The van der Waals surface area contributed by atoms with E-state index < -0.39 is 34.2 Å². The molecule has 10 nitrogen and oxygen atoms in total. The number of carbonyl (C=O) groups is 2. The minimum absolute atomic E-state index is 0.0773. The Morgan fingerprint density at radius 3 is 1.17 bits per heavy atom. The van der Waals surface area contributed by atoms with Crippen LogP contribution in [0.3, 0.4) is 0 Å². The second kappa shape index (κ2) is 7.70. The van der Waals surface area contributed by atoms with E-state index in [1.54, 1.807) is 0 Å². The molecule has 5 aromatic rings. The molecular weight excluding hydrogens is 468 g/mol. The van der Waals surface area contributed by atoms with E-state index in [2.05, 4.69) is 0 Å². The number of rotatable bonds is 4. The number of carboxylic acid groups (broad SMARTS) is 2. The van der Waals surface area contributed by atoms with Crippen LogP contribution in [0, 0.1) is 13.8 Å². The molecule has 0 aliphatic heterocycles. The number of benzene rings is 3. The van der Waals surface area contributed by atoms with Crippen LogP contribution in [0.25, 0.3) is 32.9 Å². The van der Waals surface area contributed by atoms with Gasteiger partial charge in [-0.2, -0.15) is 0 Å². The van der Waals surface area contributed by atoms with Crippen molar-refractivity contribution in [3.8, 4) is 11.4 Å². The van der Waals surface area contributed by atoms with Gasteiger partial charge in [0.2, 0.25) is 0 Å². The van der Waals surface area contributed by atoms with Gasteiger partial charge in [-0.1, -0.05) is 12.1 Å². The van der Waals surface area contributed by atoms with E-state index in [1.165, 1.54) is 62.4 Å². The third-order valence-electron chi connectivity index (χ3n) is 6.44. The molecule has 3 aromatic carbocycles. The Kier molecular flexibility index (Phi) is 4.85. The van der Waals surface area contributed by atoms with E-state index in [9.17, 15) is 39.0 Å². The zero-order valence-electron chi connectivity index (χ0n) is 18.9. The monoisotopic (exact) mass is 484 g/mol. The first-order valence-corrected chi connectivity index (χ1v) is 10.7. The number of aromatic nitrogens is 2. The fourth-order valence-electron chi connectivity index (χ4n) is 4.61. The highest BCUT2D eigenvalue weighted by Gasteiger charge is 2.23. The van der Waals surface area contributed by atoms with Crippen LogP contribution in [0.1, 0.15) is 31.8 Å². The Bertz CT molecular complexity index is 1780. The zero-order valence-corrected chi connectivity index (χ0v) is 18.9. The third-order valence-corrected chi connectivity index (χ3v) is 6.44. The first-order chi connectivity index (χ1) is 17.0. The van der Waals surface area contributed by atoms with Crippen LogP contribution < -0.4 is 22.2 Å². The van der Waals surface area contributed by atoms with Gasteiger partial charge in [0.05, 0.1) is 44.0 Å². The van der Waals surface area contributed by atoms with Gasteiger partial charge in [-0.25, -0.2) is 18.7 Å². The Morgan fingerprint density at radius 2 is 0.889 bits per heavy atom. The summed E-state index contributed by atoms with van der Waals surface area (Å²) in [5, 5.41) is 18.4. The first kappa shape index (κ1) is 22.7. The lowest BCUT2D eigenvalue weighted by Crippen LogP contribution is -2.25. The Balaban J connectivity index is 1.83. The van der Waals surface area contributed by atoms with Crippen molar-refractivity contribution in [1.82, 2.24) is 9.13 Å². The molecule has 0 atom stereocenters. The summed E-state index contributed by atoms with van der Waals surface area (Å²) in [6.07, 6.45) is 0. The molecule has 0 bridgehead atoms. The topological polar surface area (TPSA) is 153 Å². The van der Waals surface area contributed by atoms with Gasteiger partial charge in [-0.3, -0.25) is 19.2 Å². The summed E-state index contributed by atoms with van der Waals surface area (Å²) in [7, 11) is 0. The van der Waals surface area contributed by atoms with Crippen LogP contribution in [0.2, 0.25) is 0 Å². The molecule has 0 saturated carbocycles. The van der Waals surface area contributed by atoms with E-state index in [4.69, 9.17) is 0 Å². The van der Waals surface area contributed by atoms with Crippen molar-refractivity contribution >= 4 is 33.5 Å². The summed E-state index contributed by atoms with van der Waals surface area (Å²) in [6.45, 7) is 2.95. The minimum atomic E-state index is -1.22.